The highest BCUT2D eigenvalue weighted by Crippen LogP contribution is 2.22. The number of Topliss-reactive ketones (excluding diaryl/α,β-unsaturated/α-hetero) is 1. The standard InChI is InChI=1S/C14H18O3/c1-14(2,3)11-6-4-10(5-7-11)12(15)8-9-13(16)17/h4-7H,8-9H2,1-3H3,(H,16,17). The van der Waals surface area contributed by atoms with Gasteiger partial charge in [-0.15, -0.1) is 0 Å². The first-order chi connectivity index (χ1) is 7.80. The van der Waals surface area contributed by atoms with Crippen LogP contribution in [0.15, 0.2) is 24.3 Å². The highest BCUT2D eigenvalue weighted by Gasteiger charge is 2.14. The van der Waals surface area contributed by atoms with Crippen LogP contribution in [0, 0.1) is 0 Å². The van der Waals surface area contributed by atoms with Gasteiger partial charge in [0.1, 0.15) is 0 Å². The zero-order valence-electron chi connectivity index (χ0n) is 10.5. The Hall–Kier alpha value is -1.64. The molecule has 0 bridgehead atoms. The number of aliphatic carboxylic acids is 1. The molecule has 0 atom stereocenters. The highest BCUT2D eigenvalue weighted by atomic mass is 16.4. The number of rotatable bonds is 4. The average Bonchev–Trinajstić information content (AvgIpc) is 2.25. The van der Waals surface area contributed by atoms with Crippen LogP contribution < -0.4 is 0 Å². The molecule has 0 heterocycles. The van der Waals surface area contributed by atoms with Crippen molar-refractivity contribution < 1.29 is 14.7 Å². The van der Waals surface area contributed by atoms with E-state index in [0.717, 1.165) is 5.56 Å². The van der Waals surface area contributed by atoms with Crippen LogP contribution in [0.4, 0.5) is 0 Å². The molecule has 1 aromatic carbocycles. The third-order valence-corrected chi connectivity index (χ3v) is 2.64. The van der Waals surface area contributed by atoms with Gasteiger partial charge in [0.05, 0.1) is 6.42 Å². The Kier molecular flexibility index (Phi) is 4.05. The second kappa shape index (κ2) is 5.13. The molecule has 0 saturated carbocycles. The van der Waals surface area contributed by atoms with Gasteiger partial charge >= 0.3 is 5.97 Å². The Morgan fingerprint density at radius 2 is 1.59 bits per heavy atom. The fourth-order valence-corrected chi connectivity index (χ4v) is 1.52. The molecule has 3 nitrogen and oxygen atoms in total. The molecule has 0 amide bonds. The van der Waals surface area contributed by atoms with E-state index in [1.807, 2.05) is 12.1 Å². The first-order valence-corrected chi connectivity index (χ1v) is 5.66. The minimum absolute atomic E-state index is 0.0582. The summed E-state index contributed by atoms with van der Waals surface area (Å²) >= 11 is 0. The monoisotopic (exact) mass is 234 g/mol. The fraction of sp³-hybridized carbons (Fsp3) is 0.429. The molecule has 92 valence electrons. The number of ketones is 1. The third-order valence-electron chi connectivity index (χ3n) is 2.64. The first kappa shape index (κ1) is 13.4. The zero-order valence-corrected chi connectivity index (χ0v) is 10.5. The van der Waals surface area contributed by atoms with E-state index in [4.69, 9.17) is 5.11 Å². The summed E-state index contributed by atoms with van der Waals surface area (Å²) in [4.78, 5) is 22.0. The molecule has 0 saturated heterocycles. The molecule has 1 aromatic rings. The van der Waals surface area contributed by atoms with E-state index in [1.54, 1.807) is 12.1 Å². The summed E-state index contributed by atoms with van der Waals surface area (Å²) in [5.41, 5.74) is 1.80. The van der Waals surface area contributed by atoms with Crippen molar-refractivity contribution in [2.45, 2.75) is 39.0 Å². The van der Waals surface area contributed by atoms with Gasteiger partial charge in [-0.2, -0.15) is 0 Å². The van der Waals surface area contributed by atoms with Crippen molar-refractivity contribution in [2.24, 2.45) is 0 Å². The minimum Gasteiger partial charge on any atom is -0.481 e. The molecule has 0 aromatic heterocycles. The molecule has 3 heteroatoms. The topological polar surface area (TPSA) is 54.4 Å². The maximum absolute atomic E-state index is 11.6. The second-order valence-corrected chi connectivity index (χ2v) is 5.14. The van der Waals surface area contributed by atoms with Crippen LogP contribution in [0.5, 0.6) is 0 Å². The second-order valence-electron chi connectivity index (χ2n) is 5.14. The molecule has 0 unspecified atom stereocenters. The SMILES string of the molecule is CC(C)(C)c1ccc(C(=O)CCC(=O)O)cc1. The molecule has 0 aliphatic carbocycles. The van der Waals surface area contributed by atoms with Gasteiger partial charge in [-0.1, -0.05) is 45.0 Å². The van der Waals surface area contributed by atoms with Gasteiger partial charge in [0.2, 0.25) is 0 Å². The van der Waals surface area contributed by atoms with E-state index in [1.165, 1.54) is 0 Å². The number of benzene rings is 1. The van der Waals surface area contributed by atoms with Crippen LogP contribution in [-0.2, 0) is 10.2 Å². The largest absolute Gasteiger partial charge is 0.481 e. The lowest BCUT2D eigenvalue weighted by Gasteiger charge is -2.18. The van der Waals surface area contributed by atoms with Crippen molar-refractivity contribution in [1.29, 1.82) is 0 Å². The summed E-state index contributed by atoms with van der Waals surface area (Å²) in [6.07, 6.45) is -0.0515. The lowest BCUT2D eigenvalue weighted by atomic mass is 9.86. The Morgan fingerprint density at radius 1 is 1.06 bits per heavy atom. The van der Waals surface area contributed by atoms with E-state index < -0.39 is 5.97 Å². The van der Waals surface area contributed by atoms with Gasteiger partial charge in [-0.3, -0.25) is 9.59 Å². The van der Waals surface area contributed by atoms with Crippen LogP contribution in [0.25, 0.3) is 0 Å². The van der Waals surface area contributed by atoms with Gasteiger partial charge in [0.25, 0.3) is 0 Å². The molecule has 0 aliphatic heterocycles. The van der Waals surface area contributed by atoms with Gasteiger partial charge in [0, 0.05) is 12.0 Å². The van der Waals surface area contributed by atoms with Crippen molar-refractivity contribution in [2.75, 3.05) is 0 Å². The zero-order chi connectivity index (χ0) is 13.1. The van der Waals surface area contributed by atoms with Gasteiger partial charge < -0.3 is 5.11 Å². The molecular weight excluding hydrogens is 216 g/mol. The Labute approximate surface area is 101 Å². The maximum Gasteiger partial charge on any atom is 0.303 e. The highest BCUT2D eigenvalue weighted by molar-refractivity contribution is 5.97. The van der Waals surface area contributed by atoms with Crippen molar-refractivity contribution in [3.63, 3.8) is 0 Å². The summed E-state index contributed by atoms with van der Waals surface area (Å²) in [5.74, 6) is -1.06. The molecule has 0 spiro atoms. The molecule has 0 fully saturated rings. The molecular formula is C14H18O3. The number of hydrogen-bond acceptors (Lipinski definition) is 2. The fourth-order valence-electron chi connectivity index (χ4n) is 1.52. The summed E-state index contributed by atoms with van der Waals surface area (Å²) in [7, 11) is 0. The Bertz CT molecular complexity index is 410. The third kappa shape index (κ3) is 4.02. The van der Waals surface area contributed by atoms with Crippen LogP contribution in [0.1, 0.15) is 49.5 Å². The number of hydrogen-bond donors (Lipinski definition) is 1. The van der Waals surface area contributed by atoms with E-state index >= 15 is 0 Å². The number of carbonyl (C=O) groups excluding carboxylic acids is 1. The van der Waals surface area contributed by atoms with Crippen molar-refractivity contribution in [1.82, 2.24) is 0 Å². The summed E-state index contributed by atoms with van der Waals surface area (Å²) in [6.45, 7) is 6.32. The predicted molar refractivity (Wildman–Crippen MR) is 66.3 cm³/mol. The Morgan fingerprint density at radius 3 is 2.00 bits per heavy atom. The van der Waals surface area contributed by atoms with E-state index in [9.17, 15) is 9.59 Å². The summed E-state index contributed by atoms with van der Waals surface area (Å²) in [5, 5.41) is 8.51. The predicted octanol–water partition coefficient (Wildman–Crippen LogP) is 3.03. The van der Waals surface area contributed by atoms with Crippen molar-refractivity contribution in [3.8, 4) is 0 Å². The summed E-state index contributed by atoms with van der Waals surface area (Å²) < 4.78 is 0. The average molecular weight is 234 g/mol. The van der Waals surface area contributed by atoms with Crippen molar-refractivity contribution >= 4 is 11.8 Å². The van der Waals surface area contributed by atoms with Crippen LogP contribution >= 0.6 is 0 Å². The van der Waals surface area contributed by atoms with Crippen molar-refractivity contribution in [3.05, 3.63) is 35.4 Å². The number of carbonyl (C=O) groups is 2. The number of carboxylic acids is 1. The minimum atomic E-state index is -0.940. The molecule has 17 heavy (non-hydrogen) atoms. The molecule has 0 aliphatic rings. The first-order valence-electron chi connectivity index (χ1n) is 5.66. The van der Waals surface area contributed by atoms with E-state index in [-0.39, 0.29) is 24.0 Å². The normalized spacial score (nSPS) is 11.2. The lowest BCUT2D eigenvalue weighted by Crippen LogP contribution is -2.11. The molecule has 0 radical (unpaired) electrons. The van der Waals surface area contributed by atoms with Gasteiger partial charge in [-0.25, -0.2) is 0 Å². The van der Waals surface area contributed by atoms with Crippen LogP contribution in [0.3, 0.4) is 0 Å². The lowest BCUT2D eigenvalue weighted by molar-refractivity contribution is -0.136. The maximum atomic E-state index is 11.6. The summed E-state index contributed by atoms with van der Waals surface area (Å²) in [6, 6.07) is 7.39. The van der Waals surface area contributed by atoms with E-state index in [2.05, 4.69) is 20.8 Å². The number of carboxylic acid groups (broad SMARTS) is 1. The Balaban J connectivity index is 2.74. The molecule has 1 rings (SSSR count). The van der Waals surface area contributed by atoms with E-state index in [0.29, 0.717) is 5.56 Å². The quantitative estimate of drug-likeness (QED) is 0.815. The van der Waals surface area contributed by atoms with Gasteiger partial charge in [0.15, 0.2) is 5.78 Å². The smallest absolute Gasteiger partial charge is 0.303 e. The van der Waals surface area contributed by atoms with Gasteiger partial charge in [-0.05, 0) is 11.0 Å². The molecule has 1 N–H and O–H groups in total. The van der Waals surface area contributed by atoms with Crippen LogP contribution in [-0.4, -0.2) is 16.9 Å². The van der Waals surface area contributed by atoms with Crippen LogP contribution in [0.2, 0.25) is 0 Å².